The molecule has 2 atom stereocenters. The molecule has 2 unspecified atom stereocenters. The molecule has 0 bridgehead atoms. The highest BCUT2D eigenvalue weighted by Gasteiger charge is 2.30. The van der Waals surface area contributed by atoms with Gasteiger partial charge >= 0.3 is 0 Å². The van der Waals surface area contributed by atoms with Crippen LogP contribution in [-0.2, 0) is 19.0 Å². The van der Waals surface area contributed by atoms with Crippen LogP contribution in [0.25, 0.3) is 0 Å². The lowest BCUT2D eigenvalue weighted by atomic mass is 10.2. The van der Waals surface area contributed by atoms with Gasteiger partial charge in [0.15, 0.2) is 0 Å². The molecule has 0 aromatic carbocycles. The molecule has 0 radical (unpaired) electrons. The second kappa shape index (κ2) is 7.91. The number of rotatable bonds is 3. The first-order chi connectivity index (χ1) is 8.31. The minimum absolute atomic E-state index is 0. The second-order valence-corrected chi connectivity index (χ2v) is 4.30. The average Bonchev–Trinajstić information content (AvgIpc) is 2.40. The van der Waals surface area contributed by atoms with E-state index in [2.05, 4.69) is 5.32 Å². The number of methoxy groups -OCH3 is 1. The molecule has 2 rings (SSSR count). The maximum atomic E-state index is 12.2. The van der Waals surface area contributed by atoms with E-state index in [4.69, 9.17) is 14.2 Å². The van der Waals surface area contributed by atoms with Gasteiger partial charge in [-0.3, -0.25) is 4.79 Å². The fraction of sp³-hybridized carbons (Fsp3) is 0.909. The predicted octanol–water partition coefficient (Wildman–Crippen LogP) is -0.730. The van der Waals surface area contributed by atoms with Crippen LogP contribution in [0.2, 0.25) is 0 Å². The van der Waals surface area contributed by atoms with Crippen LogP contribution >= 0.6 is 12.4 Å². The van der Waals surface area contributed by atoms with Crippen molar-refractivity contribution >= 4 is 18.3 Å². The van der Waals surface area contributed by atoms with Gasteiger partial charge in [-0.2, -0.15) is 0 Å². The van der Waals surface area contributed by atoms with Crippen molar-refractivity contribution in [1.29, 1.82) is 0 Å². The smallest absolute Gasteiger partial charge is 0.253 e. The molecule has 18 heavy (non-hydrogen) atoms. The molecule has 106 valence electrons. The highest BCUT2D eigenvalue weighted by Crippen LogP contribution is 2.09. The molecule has 0 spiro atoms. The minimum Gasteiger partial charge on any atom is -0.382 e. The van der Waals surface area contributed by atoms with Crippen LogP contribution in [-0.4, -0.2) is 76.1 Å². The summed E-state index contributed by atoms with van der Waals surface area (Å²) in [7, 11) is 1.64. The van der Waals surface area contributed by atoms with Crippen molar-refractivity contribution in [3.05, 3.63) is 0 Å². The van der Waals surface area contributed by atoms with Crippen LogP contribution in [0.1, 0.15) is 0 Å². The maximum absolute atomic E-state index is 12.2. The highest BCUT2D eigenvalue weighted by atomic mass is 35.5. The van der Waals surface area contributed by atoms with Crippen molar-refractivity contribution in [3.63, 3.8) is 0 Å². The Morgan fingerprint density at radius 2 is 2.28 bits per heavy atom. The Bertz CT molecular complexity index is 259. The zero-order chi connectivity index (χ0) is 12.1. The Hall–Kier alpha value is -0.400. The Balaban J connectivity index is 0.00000162. The predicted molar refractivity (Wildman–Crippen MR) is 68.1 cm³/mol. The number of amides is 1. The number of nitrogens with zero attached hydrogens (tertiary/aromatic N) is 1. The fourth-order valence-electron chi connectivity index (χ4n) is 2.13. The van der Waals surface area contributed by atoms with Crippen molar-refractivity contribution in [2.24, 2.45) is 0 Å². The number of hydrogen-bond acceptors (Lipinski definition) is 5. The fourth-order valence-corrected chi connectivity index (χ4v) is 2.13. The lowest BCUT2D eigenvalue weighted by Crippen LogP contribution is -2.54. The van der Waals surface area contributed by atoms with Gasteiger partial charge in [0, 0.05) is 33.3 Å². The van der Waals surface area contributed by atoms with Crippen LogP contribution in [0.4, 0.5) is 0 Å². The third-order valence-corrected chi connectivity index (χ3v) is 3.01. The molecule has 2 aliphatic heterocycles. The van der Waals surface area contributed by atoms with Gasteiger partial charge in [0.2, 0.25) is 0 Å². The summed E-state index contributed by atoms with van der Waals surface area (Å²) in [6.45, 7) is 4.34. The Labute approximate surface area is 113 Å². The van der Waals surface area contributed by atoms with Crippen molar-refractivity contribution in [3.8, 4) is 0 Å². The van der Waals surface area contributed by atoms with Crippen LogP contribution in [0.5, 0.6) is 0 Å². The number of ether oxygens (including phenoxy) is 3. The molecule has 1 amide bonds. The van der Waals surface area contributed by atoms with E-state index in [0.717, 1.165) is 6.54 Å². The topological polar surface area (TPSA) is 60.0 Å². The van der Waals surface area contributed by atoms with Crippen molar-refractivity contribution < 1.29 is 19.0 Å². The molecule has 2 saturated heterocycles. The van der Waals surface area contributed by atoms with Crippen molar-refractivity contribution in [2.75, 3.05) is 53.1 Å². The quantitative estimate of drug-likeness (QED) is 0.739. The molecule has 0 aromatic rings. The second-order valence-electron chi connectivity index (χ2n) is 4.30. The third kappa shape index (κ3) is 4.07. The summed E-state index contributed by atoms with van der Waals surface area (Å²) in [5.41, 5.74) is 0. The molecule has 0 aromatic heterocycles. The summed E-state index contributed by atoms with van der Waals surface area (Å²) in [4.78, 5) is 14.0. The average molecular weight is 281 g/mol. The summed E-state index contributed by atoms with van der Waals surface area (Å²) >= 11 is 0. The lowest BCUT2D eigenvalue weighted by Gasteiger charge is -2.35. The third-order valence-electron chi connectivity index (χ3n) is 3.01. The van der Waals surface area contributed by atoms with Gasteiger partial charge in [0.1, 0.15) is 6.10 Å². The number of hydrogen-bond donors (Lipinski definition) is 1. The van der Waals surface area contributed by atoms with Gasteiger partial charge in [-0.1, -0.05) is 0 Å². The van der Waals surface area contributed by atoms with Gasteiger partial charge in [-0.15, -0.1) is 12.4 Å². The largest absolute Gasteiger partial charge is 0.382 e. The number of carbonyl (C=O) groups is 1. The van der Waals surface area contributed by atoms with Crippen LogP contribution < -0.4 is 5.32 Å². The van der Waals surface area contributed by atoms with E-state index < -0.39 is 0 Å². The first-order valence-electron chi connectivity index (χ1n) is 6.03. The number of carbonyl (C=O) groups excluding carboxylic acids is 1. The summed E-state index contributed by atoms with van der Waals surface area (Å²) in [5, 5.41) is 3.16. The monoisotopic (exact) mass is 280 g/mol. The Morgan fingerprint density at radius 1 is 1.44 bits per heavy atom. The van der Waals surface area contributed by atoms with Gasteiger partial charge < -0.3 is 24.4 Å². The Kier molecular flexibility index (Phi) is 6.88. The molecule has 0 saturated carbocycles. The maximum Gasteiger partial charge on any atom is 0.253 e. The molecule has 2 heterocycles. The molecule has 7 heteroatoms. The van der Waals surface area contributed by atoms with Crippen LogP contribution in [0.3, 0.4) is 0 Å². The van der Waals surface area contributed by atoms with Crippen LogP contribution in [0, 0.1) is 0 Å². The first kappa shape index (κ1) is 15.7. The molecular weight excluding hydrogens is 260 g/mol. The van der Waals surface area contributed by atoms with Gasteiger partial charge in [0.05, 0.1) is 25.9 Å². The molecule has 2 aliphatic rings. The summed E-state index contributed by atoms with van der Waals surface area (Å²) in [5.74, 6) is 0.0570. The standard InChI is InChI=1S/C11H20N2O4.ClH/c1-15-8-9-7-13(3-5-16-9)11(14)10-6-12-2-4-17-10;/h9-10,12H,2-8H2,1H3;1H. The first-order valence-corrected chi connectivity index (χ1v) is 6.03. The van der Waals surface area contributed by atoms with E-state index in [0.29, 0.717) is 39.5 Å². The lowest BCUT2D eigenvalue weighted by molar-refractivity contribution is -0.154. The van der Waals surface area contributed by atoms with Gasteiger partial charge in [-0.05, 0) is 0 Å². The van der Waals surface area contributed by atoms with E-state index in [-0.39, 0.29) is 30.5 Å². The summed E-state index contributed by atoms with van der Waals surface area (Å²) in [6, 6.07) is 0. The zero-order valence-corrected chi connectivity index (χ0v) is 11.4. The van der Waals surface area contributed by atoms with Gasteiger partial charge in [-0.25, -0.2) is 0 Å². The van der Waals surface area contributed by atoms with E-state index in [9.17, 15) is 4.79 Å². The van der Waals surface area contributed by atoms with Crippen molar-refractivity contribution in [2.45, 2.75) is 12.2 Å². The normalized spacial score (nSPS) is 28.6. The molecular formula is C11H21ClN2O4. The number of halogens is 1. The molecule has 6 nitrogen and oxygen atoms in total. The zero-order valence-electron chi connectivity index (χ0n) is 10.6. The van der Waals surface area contributed by atoms with Crippen molar-refractivity contribution in [1.82, 2.24) is 10.2 Å². The number of nitrogens with one attached hydrogen (secondary N) is 1. The molecule has 0 aliphatic carbocycles. The Morgan fingerprint density at radius 3 is 2.94 bits per heavy atom. The molecule has 1 N–H and O–H groups in total. The highest BCUT2D eigenvalue weighted by molar-refractivity contribution is 5.85. The molecule has 2 fully saturated rings. The number of morpholine rings is 2. The SMILES string of the molecule is COCC1CN(C(=O)C2CNCCO2)CCO1.Cl. The summed E-state index contributed by atoms with van der Waals surface area (Å²) < 4.78 is 16.0. The van der Waals surface area contributed by atoms with E-state index in [1.165, 1.54) is 0 Å². The summed E-state index contributed by atoms with van der Waals surface area (Å²) in [6.07, 6.45) is -0.362. The minimum atomic E-state index is -0.343. The van der Waals surface area contributed by atoms with E-state index >= 15 is 0 Å². The van der Waals surface area contributed by atoms with Crippen LogP contribution in [0.15, 0.2) is 0 Å². The van der Waals surface area contributed by atoms with Gasteiger partial charge in [0.25, 0.3) is 5.91 Å². The van der Waals surface area contributed by atoms with E-state index in [1.807, 2.05) is 4.90 Å². The van der Waals surface area contributed by atoms with E-state index in [1.54, 1.807) is 7.11 Å².